The topological polar surface area (TPSA) is 107 Å². The molecule has 1 aromatic heterocycles. The number of nitrogens with one attached hydrogen (secondary N) is 3. The Labute approximate surface area is 200 Å². The Morgan fingerprint density at radius 3 is 2.73 bits per heavy atom. The lowest BCUT2D eigenvalue weighted by atomic mass is 9.42. The first kappa shape index (κ1) is 24.0. The van der Waals surface area contributed by atoms with Gasteiger partial charge in [0.15, 0.2) is 0 Å². The van der Waals surface area contributed by atoms with E-state index >= 15 is 0 Å². The second-order valence-electron chi connectivity index (χ2n) is 10.4. The Kier molecular flexibility index (Phi) is 6.46. The number of hydrogen-bond acceptors (Lipinski definition) is 6. The van der Waals surface area contributed by atoms with Gasteiger partial charge in [-0.3, -0.25) is 19.6 Å². The molecule has 1 aliphatic heterocycles. The summed E-state index contributed by atoms with van der Waals surface area (Å²) in [6.07, 6.45) is 5.26. The van der Waals surface area contributed by atoms with Gasteiger partial charge in [-0.2, -0.15) is 0 Å². The lowest BCUT2D eigenvalue weighted by molar-refractivity contribution is -0.203. The maximum Gasteiger partial charge on any atom is 0.281 e. The highest BCUT2D eigenvalue weighted by Gasteiger charge is 2.61. The van der Waals surface area contributed by atoms with Gasteiger partial charge in [0.1, 0.15) is 11.6 Å². The molecule has 33 heavy (non-hydrogen) atoms. The maximum absolute atomic E-state index is 12.7. The largest absolute Gasteiger partial charge is 0.388 e. The van der Waals surface area contributed by atoms with E-state index < -0.39 is 11.5 Å². The third-order valence-electron chi connectivity index (χ3n) is 8.24. The van der Waals surface area contributed by atoms with E-state index in [2.05, 4.69) is 41.8 Å². The van der Waals surface area contributed by atoms with Crippen molar-refractivity contribution in [1.29, 1.82) is 0 Å². The lowest BCUT2D eigenvalue weighted by Crippen LogP contribution is -2.65. The Bertz CT molecular complexity index is 953. The maximum atomic E-state index is 12.7. The van der Waals surface area contributed by atoms with Crippen molar-refractivity contribution in [2.75, 3.05) is 19.6 Å². The zero-order valence-electron chi connectivity index (χ0n) is 19.7. The second-order valence-corrected chi connectivity index (χ2v) is 10.8. The molecule has 0 radical (unpaired) electrons. The van der Waals surface area contributed by atoms with Gasteiger partial charge in [0, 0.05) is 18.9 Å². The van der Waals surface area contributed by atoms with E-state index in [1.807, 2.05) is 19.1 Å². The van der Waals surface area contributed by atoms with Gasteiger partial charge in [-0.05, 0) is 60.6 Å². The highest BCUT2D eigenvalue weighted by atomic mass is 35.5. The first-order valence-electron chi connectivity index (χ1n) is 11.6. The number of nitrogens with zero attached hydrogens (tertiary/aromatic N) is 2. The molecule has 0 aromatic carbocycles. The zero-order chi connectivity index (χ0) is 24.0. The Hall–Kier alpha value is -2.16. The molecule has 8 nitrogen and oxygen atoms in total. The van der Waals surface area contributed by atoms with Crippen LogP contribution in [0.1, 0.15) is 52.1 Å². The molecule has 1 aromatic rings. The molecule has 5 rings (SSSR count). The van der Waals surface area contributed by atoms with Gasteiger partial charge < -0.3 is 15.7 Å². The number of hydrogen-bond donors (Lipinski definition) is 4. The first-order valence-corrected chi connectivity index (χ1v) is 12.0. The van der Waals surface area contributed by atoms with E-state index in [1.54, 1.807) is 12.4 Å². The highest BCUT2D eigenvalue weighted by molar-refractivity contribution is 6.42. The molecule has 0 spiro atoms. The molecule has 2 heterocycles. The van der Waals surface area contributed by atoms with Crippen LogP contribution in [0.4, 0.5) is 0 Å². The fourth-order valence-corrected chi connectivity index (χ4v) is 5.97. The highest BCUT2D eigenvalue weighted by Crippen LogP contribution is 2.63. The molecule has 3 fully saturated rings. The van der Waals surface area contributed by atoms with Crippen molar-refractivity contribution in [3.63, 3.8) is 0 Å². The molecular formula is C24H34ClN5O3. The second kappa shape index (κ2) is 8.89. The van der Waals surface area contributed by atoms with Gasteiger partial charge >= 0.3 is 0 Å². The summed E-state index contributed by atoms with van der Waals surface area (Å²) in [5, 5.41) is 18.7. The molecule has 4 aliphatic rings. The zero-order valence-corrected chi connectivity index (χ0v) is 20.4. The van der Waals surface area contributed by atoms with Crippen LogP contribution in [0.3, 0.4) is 0 Å². The minimum atomic E-state index is -0.823. The van der Waals surface area contributed by atoms with Crippen LogP contribution in [0.25, 0.3) is 0 Å². The van der Waals surface area contributed by atoms with Gasteiger partial charge in [0.25, 0.3) is 5.91 Å². The molecule has 3 aliphatic carbocycles. The Morgan fingerprint density at radius 2 is 2.09 bits per heavy atom. The van der Waals surface area contributed by atoms with E-state index in [0.717, 1.165) is 12.0 Å². The number of halogens is 1. The molecule has 3 unspecified atom stereocenters. The summed E-state index contributed by atoms with van der Waals surface area (Å²) < 4.78 is 0. The molecular weight excluding hydrogens is 442 g/mol. The normalized spacial score (nSPS) is 31.6. The minimum Gasteiger partial charge on any atom is -0.388 e. The van der Waals surface area contributed by atoms with Crippen LogP contribution < -0.4 is 16.1 Å². The van der Waals surface area contributed by atoms with Crippen LogP contribution in [-0.4, -0.2) is 52.1 Å². The van der Waals surface area contributed by atoms with Crippen molar-refractivity contribution >= 4 is 23.4 Å². The standard InChI is InChI=1S/C24H34ClN5O3/c1-14-18-9-17(23(18,3)4)10-24(14,33)13-27-19-11-28-30(22(32)21(19)25)12-20(31)29-15(2)16-5-7-26-8-6-16/h5-8,14-15,17-18,27-28,33H,9-13H2,1-4H3,(H,29,31)/t14?,15?,17-,18+,24?/m0/s1. The molecule has 9 heteroatoms. The summed E-state index contributed by atoms with van der Waals surface area (Å²) in [4.78, 5) is 29.2. The fraction of sp³-hybridized carbons (Fsp3) is 0.625. The van der Waals surface area contributed by atoms with Crippen molar-refractivity contribution in [2.24, 2.45) is 23.2 Å². The summed E-state index contributed by atoms with van der Waals surface area (Å²) in [6, 6.07) is 3.45. The van der Waals surface area contributed by atoms with Crippen LogP contribution in [0.5, 0.6) is 0 Å². The summed E-state index contributed by atoms with van der Waals surface area (Å²) >= 11 is 6.36. The van der Waals surface area contributed by atoms with Crippen molar-refractivity contribution in [3.8, 4) is 0 Å². The Balaban J connectivity index is 1.32. The molecule has 180 valence electrons. The van der Waals surface area contributed by atoms with Crippen molar-refractivity contribution in [2.45, 2.75) is 52.2 Å². The number of fused-ring (bicyclic) bond motifs is 2. The van der Waals surface area contributed by atoms with E-state index in [1.165, 1.54) is 11.4 Å². The third-order valence-corrected chi connectivity index (χ3v) is 8.62. The molecule has 2 amide bonds. The molecule has 2 bridgehead atoms. The number of pyridine rings is 1. The van der Waals surface area contributed by atoms with Crippen molar-refractivity contribution in [3.05, 3.63) is 40.8 Å². The summed E-state index contributed by atoms with van der Waals surface area (Å²) in [6.45, 7) is 9.05. The van der Waals surface area contributed by atoms with Crippen LogP contribution >= 0.6 is 11.6 Å². The number of rotatable bonds is 7. The van der Waals surface area contributed by atoms with E-state index in [-0.39, 0.29) is 41.4 Å². The van der Waals surface area contributed by atoms with Crippen LogP contribution in [0, 0.1) is 23.2 Å². The van der Waals surface area contributed by atoms with Gasteiger partial charge in [0.2, 0.25) is 5.91 Å². The number of amides is 2. The lowest BCUT2D eigenvalue weighted by Gasteiger charge is -2.64. The number of hydrazine groups is 1. The third kappa shape index (κ3) is 4.48. The van der Waals surface area contributed by atoms with Crippen molar-refractivity contribution in [1.82, 2.24) is 26.1 Å². The number of carbonyl (C=O) groups excluding carboxylic acids is 2. The number of aromatic nitrogens is 1. The van der Waals surface area contributed by atoms with Gasteiger partial charge in [-0.1, -0.05) is 32.4 Å². The monoisotopic (exact) mass is 475 g/mol. The predicted molar refractivity (Wildman–Crippen MR) is 126 cm³/mol. The average molecular weight is 476 g/mol. The van der Waals surface area contributed by atoms with Gasteiger partial charge in [-0.15, -0.1) is 0 Å². The van der Waals surface area contributed by atoms with Crippen molar-refractivity contribution < 1.29 is 14.7 Å². The Morgan fingerprint density at radius 1 is 1.39 bits per heavy atom. The SMILES string of the molecule is CC(NC(=O)CN1NCC(NCC2(O)C[C@@H]3C[C@H](C2C)C3(C)C)=C(Cl)C1=O)c1ccncc1. The van der Waals surface area contributed by atoms with Gasteiger partial charge in [0.05, 0.1) is 23.9 Å². The van der Waals surface area contributed by atoms with E-state index in [9.17, 15) is 14.7 Å². The van der Waals surface area contributed by atoms with E-state index in [0.29, 0.717) is 24.1 Å². The molecule has 3 saturated carbocycles. The number of carbonyl (C=O) groups is 2. The van der Waals surface area contributed by atoms with Crippen LogP contribution in [-0.2, 0) is 9.59 Å². The quantitative estimate of drug-likeness (QED) is 0.481. The number of aliphatic hydroxyl groups is 1. The average Bonchev–Trinajstić information content (AvgIpc) is 2.78. The summed E-state index contributed by atoms with van der Waals surface area (Å²) in [7, 11) is 0. The summed E-state index contributed by atoms with van der Waals surface area (Å²) in [5.41, 5.74) is 3.89. The summed E-state index contributed by atoms with van der Waals surface area (Å²) in [5.74, 6) is 0.420. The fourth-order valence-electron chi connectivity index (χ4n) is 5.74. The van der Waals surface area contributed by atoms with Crippen LogP contribution in [0.2, 0.25) is 0 Å². The first-order chi connectivity index (χ1) is 15.5. The van der Waals surface area contributed by atoms with E-state index in [4.69, 9.17) is 11.6 Å². The molecule has 0 saturated heterocycles. The smallest absolute Gasteiger partial charge is 0.281 e. The van der Waals surface area contributed by atoms with Crippen LogP contribution in [0.15, 0.2) is 35.3 Å². The van der Waals surface area contributed by atoms with Gasteiger partial charge in [-0.25, -0.2) is 5.43 Å². The molecule has 5 atom stereocenters. The predicted octanol–water partition coefficient (Wildman–Crippen LogP) is 2.08. The molecule has 4 N–H and O–H groups in total. The minimum absolute atomic E-state index is 0.0429.